The Balaban J connectivity index is 3.21. The molecule has 64 valence electrons. The van der Waals surface area contributed by atoms with Crippen LogP contribution in [0.2, 0.25) is 0 Å². The molecule has 5 heteroatoms. The highest BCUT2D eigenvalue weighted by atomic mass is 16.6. The quantitative estimate of drug-likeness (QED) is 0.532. The summed E-state index contributed by atoms with van der Waals surface area (Å²) in [5.74, 6) is -0.182. The molecule has 1 heterocycles. The largest absolute Gasteiger partial charge is 0.506 e. The first kappa shape index (κ1) is 8.45. The van der Waals surface area contributed by atoms with Gasteiger partial charge in [0.05, 0.1) is 17.2 Å². The van der Waals surface area contributed by atoms with Crippen molar-refractivity contribution >= 4 is 5.69 Å². The zero-order valence-electron chi connectivity index (χ0n) is 6.52. The van der Waals surface area contributed by atoms with E-state index in [2.05, 4.69) is 4.98 Å². The van der Waals surface area contributed by atoms with Crippen molar-refractivity contribution in [2.75, 3.05) is 0 Å². The molecule has 5 nitrogen and oxygen atoms in total. The molecule has 1 rings (SSSR count). The van der Waals surface area contributed by atoms with Crippen LogP contribution in [0.4, 0.5) is 5.69 Å². The molecule has 0 amide bonds. The van der Waals surface area contributed by atoms with Crippen LogP contribution in [0.1, 0.15) is 12.6 Å². The molecule has 0 spiro atoms. The maximum Gasteiger partial charge on any atom is 0.294 e. The lowest BCUT2D eigenvalue weighted by molar-refractivity contribution is -0.386. The third kappa shape index (κ3) is 1.50. The first-order chi connectivity index (χ1) is 5.65. The van der Waals surface area contributed by atoms with E-state index in [0.717, 1.165) is 6.07 Å². The van der Waals surface area contributed by atoms with Crippen molar-refractivity contribution in [1.82, 2.24) is 4.98 Å². The number of aryl methyl sites for hydroxylation is 1. The molecule has 1 N–H and O–H groups in total. The van der Waals surface area contributed by atoms with E-state index in [1.807, 2.05) is 0 Å². The molecular weight excluding hydrogens is 160 g/mol. The van der Waals surface area contributed by atoms with Crippen molar-refractivity contribution in [1.29, 1.82) is 0 Å². The molecule has 0 radical (unpaired) electrons. The van der Waals surface area contributed by atoms with E-state index in [-0.39, 0.29) is 11.4 Å². The van der Waals surface area contributed by atoms with Gasteiger partial charge in [-0.3, -0.25) is 15.1 Å². The minimum absolute atomic E-state index is 0.127. The third-order valence-corrected chi connectivity index (χ3v) is 1.46. The molecular formula is C7H8N2O3. The number of hydrogen-bond acceptors (Lipinski definition) is 4. The zero-order valence-corrected chi connectivity index (χ0v) is 6.52. The van der Waals surface area contributed by atoms with Gasteiger partial charge in [0.2, 0.25) is 0 Å². The smallest absolute Gasteiger partial charge is 0.294 e. The van der Waals surface area contributed by atoms with E-state index in [1.165, 1.54) is 6.20 Å². The standard InChI is InChI=1S/C7H8N2O3/c1-2-6-7(9(11)12)3-5(10)4-8-6/h3-4,10H,2H2,1H3. The summed E-state index contributed by atoms with van der Waals surface area (Å²) in [5, 5.41) is 19.3. The van der Waals surface area contributed by atoms with Gasteiger partial charge in [0.15, 0.2) is 0 Å². The Labute approximate surface area is 68.8 Å². The lowest BCUT2D eigenvalue weighted by Gasteiger charge is -1.97. The maximum atomic E-state index is 10.4. The fourth-order valence-corrected chi connectivity index (χ4v) is 0.901. The molecule has 0 atom stereocenters. The summed E-state index contributed by atoms with van der Waals surface area (Å²) in [6.45, 7) is 1.77. The van der Waals surface area contributed by atoms with Crippen molar-refractivity contribution in [3.05, 3.63) is 28.1 Å². The molecule has 12 heavy (non-hydrogen) atoms. The molecule has 1 aromatic rings. The third-order valence-electron chi connectivity index (χ3n) is 1.46. The van der Waals surface area contributed by atoms with Crippen LogP contribution in [0.5, 0.6) is 5.75 Å². The summed E-state index contributed by atoms with van der Waals surface area (Å²) in [6, 6.07) is 1.10. The predicted molar refractivity (Wildman–Crippen MR) is 41.9 cm³/mol. The lowest BCUT2D eigenvalue weighted by atomic mass is 10.2. The van der Waals surface area contributed by atoms with Gasteiger partial charge in [0.1, 0.15) is 11.4 Å². The van der Waals surface area contributed by atoms with E-state index >= 15 is 0 Å². The van der Waals surface area contributed by atoms with Gasteiger partial charge >= 0.3 is 0 Å². The maximum absolute atomic E-state index is 10.4. The van der Waals surface area contributed by atoms with Gasteiger partial charge < -0.3 is 5.11 Å². The molecule has 0 aliphatic carbocycles. The average molecular weight is 168 g/mol. The van der Waals surface area contributed by atoms with Gasteiger partial charge in [-0.1, -0.05) is 6.92 Å². The second kappa shape index (κ2) is 3.17. The predicted octanol–water partition coefficient (Wildman–Crippen LogP) is 1.26. The summed E-state index contributed by atoms with van der Waals surface area (Å²) >= 11 is 0. The van der Waals surface area contributed by atoms with Crippen molar-refractivity contribution in [3.8, 4) is 5.75 Å². The van der Waals surface area contributed by atoms with Crippen LogP contribution in [0.25, 0.3) is 0 Å². The van der Waals surface area contributed by atoms with Gasteiger partial charge in [-0.15, -0.1) is 0 Å². The lowest BCUT2D eigenvalue weighted by Crippen LogP contribution is -1.96. The zero-order chi connectivity index (χ0) is 9.14. The highest BCUT2D eigenvalue weighted by Gasteiger charge is 2.13. The van der Waals surface area contributed by atoms with Gasteiger partial charge in [-0.05, 0) is 6.42 Å². The van der Waals surface area contributed by atoms with Crippen LogP contribution < -0.4 is 0 Å². The van der Waals surface area contributed by atoms with E-state index < -0.39 is 4.92 Å². The first-order valence-corrected chi connectivity index (χ1v) is 3.47. The van der Waals surface area contributed by atoms with Crippen LogP contribution in [0, 0.1) is 10.1 Å². The minimum Gasteiger partial charge on any atom is -0.506 e. The van der Waals surface area contributed by atoms with Crippen molar-refractivity contribution < 1.29 is 10.0 Å². The second-order valence-corrected chi connectivity index (χ2v) is 2.27. The topological polar surface area (TPSA) is 76.3 Å². The summed E-state index contributed by atoms with van der Waals surface area (Å²) < 4.78 is 0. The summed E-state index contributed by atoms with van der Waals surface area (Å²) in [6.07, 6.45) is 1.68. The summed E-state index contributed by atoms with van der Waals surface area (Å²) in [4.78, 5) is 13.6. The van der Waals surface area contributed by atoms with Crippen LogP contribution in [0.3, 0.4) is 0 Å². The molecule has 0 unspecified atom stereocenters. The summed E-state index contributed by atoms with van der Waals surface area (Å²) in [5.41, 5.74) is 0.260. The molecule has 0 saturated heterocycles. The average Bonchev–Trinajstić information content (AvgIpc) is 2.04. The fraction of sp³-hybridized carbons (Fsp3) is 0.286. The molecule has 0 saturated carbocycles. The number of pyridine rings is 1. The molecule has 0 bridgehead atoms. The van der Waals surface area contributed by atoms with Crippen LogP contribution >= 0.6 is 0 Å². The van der Waals surface area contributed by atoms with Gasteiger partial charge in [0.25, 0.3) is 5.69 Å². The minimum atomic E-state index is -0.550. The second-order valence-electron chi connectivity index (χ2n) is 2.27. The van der Waals surface area contributed by atoms with Crippen LogP contribution in [-0.2, 0) is 6.42 Å². The van der Waals surface area contributed by atoms with Crippen molar-refractivity contribution in [3.63, 3.8) is 0 Å². The highest BCUT2D eigenvalue weighted by Crippen LogP contribution is 2.21. The fourth-order valence-electron chi connectivity index (χ4n) is 0.901. The highest BCUT2D eigenvalue weighted by molar-refractivity contribution is 5.40. The monoisotopic (exact) mass is 168 g/mol. The molecule has 0 aliphatic heterocycles. The Hall–Kier alpha value is -1.65. The number of aromatic nitrogens is 1. The Morgan fingerprint density at radius 2 is 2.42 bits per heavy atom. The molecule has 1 aromatic heterocycles. The first-order valence-electron chi connectivity index (χ1n) is 3.47. The van der Waals surface area contributed by atoms with E-state index in [1.54, 1.807) is 6.92 Å². The normalized spacial score (nSPS) is 9.75. The molecule has 0 aliphatic rings. The Bertz CT molecular complexity index is 312. The van der Waals surface area contributed by atoms with Gasteiger partial charge in [-0.2, -0.15) is 0 Å². The Morgan fingerprint density at radius 3 is 2.92 bits per heavy atom. The molecule has 0 fully saturated rings. The van der Waals surface area contributed by atoms with E-state index in [0.29, 0.717) is 12.1 Å². The van der Waals surface area contributed by atoms with Crippen LogP contribution in [-0.4, -0.2) is 15.0 Å². The van der Waals surface area contributed by atoms with Crippen molar-refractivity contribution in [2.45, 2.75) is 13.3 Å². The van der Waals surface area contributed by atoms with E-state index in [4.69, 9.17) is 5.11 Å². The van der Waals surface area contributed by atoms with Gasteiger partial charge in [-0.25, -0.2) is 0 Å². The number of hydrogen-bond donors (Lipinski definition) is 1. The van der Waals surface area contributed by atoms with Crippen molar-refractivity contribution in [2.24, 2.45) is 0 Å². The molecule has 0 aromatic carbocycles. The van der Waals surface area contributed by atoms with Crippen LogP contribution in [0.15, 0.2) is 12.3 Å². The van der Waals surface area contributed by atoms with E-state index in [9.17, 15) is 10.1 Å². The Kier molecular flexibility index (Phi) is 2.23. The number of nitrogens with zero attached hydrogens (tertiary/aromatic N) is 2. The van der Waals surface area contributed by atoms with Gasteiger partial charge in [0, 0.05) is 0 Å². The SMILES string of the molecule is CCc1ncc(O)cc1[N+](=O)[O-]. The number of rotatable bonds is 2. The number of nitro groups is 1. The number of aromatic hydroxyl groups is 1. The summed E-state index contributed by atoms with van der Waals surface area (Å²) in [7, 11) is 0. The Morgan fingerprint density at radius 1 is 1.75 bits per heavy atom.